The number of benzene rings is 1. The minimum atomic E-state index is -1.79. The fourth-order valence-corrected chi connectivity index (χ4v) is 3.98. The van der Waals surface area contributed by atoms with E-state index in [-0.39, 0.29) is 53.3 Å². The van der Waals surface area contributed by atoms with Crippen LogP contribution in [0.1, 0.15) is 57.0 Å². The number of aromatic carboxylic acids is 2. The molecule has 4 heterocycles. The van der Waals surface area contributed by atoms with Crippen molar-refractivity contribution in [1.82, 2.24) is 15.0 Å². The molecule has 0 fully saturated rings. The Bertz CT molecular complexity index is 1850. The zero-order chi connectivity index (χ0) is 37.0. The number of esters is 4. The fourth-order valence-electron chi connectivity index (χ4n) is 2.96. The molecule has 4 N–H and O–H groups in total. The topological polar surface area (TPSA) is 289 Å². The zero-order valence-corrected chi connectivity index (χ0v) is 34.6. The maximum atomic E-state index is 10.9. The van der Waals surface area contributed by atoms with E-state index in [0.717, 1.165) is 9.99 Å². The monoisotopic (exact) mass is 1010 g/mol. The standard InChI is InChI=1S/C9H6BrN.C7H4BrNO4.C7H2BrNO3.C4H6O3.ClO.Na.H2O.2O.Ru.H2/c10-8-5-7-3-1-2-4-9(7)11-6-8;8-3-1-4(6(10)11)5(7(12)13)9-2-3;8-3-1-4-5(9-2-3)7(11)12-6(4)10;1-3(5)7-4(2)6;1-2;;;;;;/h1-6H;1-2H,(H,10,11)(H,12,13);1-2H;1-2H3;;;1H2;;;;1H/q;;;;-1;+1;;;;;/i;;;;;;;;;;1+1. The Hall–Kier alpha value is -2.98. The van der Waals surface area contributed by atoms with E-state index in [1.165, 1.54) is 43.8 Å². The number of hydrogen-bond donors (Lipinski definition) is 2. The van der Waals surface area contributed by atoms with Gasteiger partial charge in [-0.1, -0.05) is 18.2 Å². The molecule has 0 aliphatic carbocycles. The number of halogens is 4. The van der Waals surface area contributed by atoms with Crippen molar-refractivity contribution in [2.75, 3.05) is 0 Å². The van der Waals surface area contributed by atoms with E-state index in [1.807, 2.05) is 30.5 Å². The van der Waals surface area contributed by atoms with Crippen molar-refractivity contribution >= 4 is 106 Å². The summed E-state index contributed by atoms with van der Waals surface area (Å²) in [7, 11) is 0. The molecule has 23 heteroatoms. The molecule has 0 amide bonds. The van der Waals surface area contributed by atoms with Crippen LogP contribution in [0.15, 0.2) is 74.5 Å². The first-order valence-electron chi connectivity index (χ1n) is 11.9. The maximum absolute atomic E-state index is 10.9. The molecule has 17 nitrogen and oxygen atoms in total. The van der Waals surface area contributed by atoms with Gasteiger partial charge in [0.05, 0.1) is 16.6 Å². The number of fused-ring (bicyclic) bond motifs is 2. The molecule has 50 heavy (non-hydrogen) atoms. The zero-order valence-electron chi connectivity index (χ0n) is 25.4. The van der Waals surface area contributed by atoms with Gasteiger partial charge in [-0.15, -0.1) is 0 Å². The van der Waals surface area contributed by atoms with Gasteiger partial charge in [-0.2, -0.15) is 0 Å². The number of carbonyl (C=O) groups is 6. The summed E-state index contributed by atoms with van der Waals surface area (Å²) in [4.78, 5) is 73.9. The molecule has 0 unspecified atom stereocenters. The molecule has 3 aromatic heterocycles. The Labute approximate surface area is 342 Å². The van der Waals surface area contributed by atoms with E-state index in [4.69, 9.17) is 22.0 Å². The minimum absolute atomic E-state index is 0. The second-order valence-electron chi connectivity index (χ2n) is 7.88. The third-order valence-corrected chi connectivity index (χ3v) is 5.89. The van der Waals surface area contributed by atoms with E-state index >= 15 is 0 Å². The van der Waals surface area contributed by atoms with E-state index in [0.29, 0.717) is 8.95 Å². The van der Waals surface area contributed by atoms with Crippen molar-refractivity contribution in [2.45, 2.75) is 13.8 Å². The number of ether oxygens (including phenoxy) is 2. The molecule has 0 saturated heterocycles. The molecule has 0 saturated carbocycles. The van der Waals surface area contributed by atoms with Gasteiger partial charge >= 0.3 is 89.5 Å². The Balaban J connectivity index is -0.000000276. The van der Waals surface area contributed by atoms with Crippen LogP contribution in [0, 0.1) is 0 Å². The molecule has 0 spiro atoms. The average Bonchev–Trinajstić information content (AvgIpc) is 3.30. The van der Waals surface area contributed by atoms with E-state index in [2.05, 4.69) is 90.1 Å². The van der Waals surface area contributed by atoms with Crippen molar-refractivity contribution in [3.05, 3.63) is 97.0 Å². The number of carboxylic acid groups (broad SMARTS) is 2. The molecule has 0 atom stereocenters. The summed E-state index contributed by atoms with van der Waals surface area (Å²) >= 11 is 11.1. The number of carboxylic acids is 2. The van der Waals surface area contributed by atoms with Crippen LogP contribution in [-0.4, -0.2) is 66.5 Å². The van der Waals surface area contributed by atoms with Gasteiger partial charge in [-0.3, -0.25) is 14.6 Å². The van der Waals surface area contributed by atoms with Crippen molar-refractivity contribution in [3.8, 4) is 0 Å². The molecule has 5 rings (SSSR count). The van der Waals surface area contributed by atoms with Crippen LogP contribution in [0.3, 0.4) is 0 Å². The molecule has 1 aromatic carbocycles. The molecule has 1 aliphatic rings. The predicted octanol–water partition coefficient (Wildman–Crippen LogP) is 1.17. The number of carbonyl (C=O) groups excluding carboxylic acids is 4. The summed E-state index contributed by atoms with van der Waals surface area (Å²) in [6.07, 6.45) is 4.48. The average molecular weight is 1010 g/mol. The Morgan fingerprint density at radius 3 is 1.80 bits per heavy atom. The molecule has 4 aromatic rings. The number of cyclic esters (lactones) is 2. The van der Waals surface area contributed by atoms with Crippen LogP contribution in [0.5, 0.6) is 0 Å². The van der Waals surface area contributed by atoms with Crippen LogP contribution < -0.4 is 34.2 Å². The molecular weight excluding hydrogens is 990 g/mol. The van der Waals surface area contributed by atoms with Crippen LogP contribution in [0.4, 0.5) is 0 Å². The summed E-state index contributed by atoms with van der Waals surface area (Å²) in [5.74, 6) is -5.11. The van der Waals surface area contributed by atoms with Crippen LogP contribution in [0.2, 0.25) is 0 Å². The SMILES string of the molecule is Brc1cnc2ccccc2c1.CC(=O)OC(C)=O.O.O=C(O)c1cc(Br)cnc1C(=O)O.O=C1OC(=O)c2ncc(Br)cc21.[2HH].[Na+].[O-]Cl.[O]=[Ru]=[O]. The summed E-state index contributed by atoms with van der Waals surface area (Å²) in [5.41, 5.74) is 0.547. The molecule has 0 radical (unpaired) electrons. The van der Waals surface area contributed by atoms with Gasteiger partial charge in [0.25, 0.3) is 0 Å². The second-order valence-corrected chi connectivity index (χ2v) is 10.9. The number of para-hydroxylation sites is 1. The van der Waals surface area contributed by atoms with Gasteiger partial charge < -0.3 is 29.8 Å². The van der Waals surface area contributed by atoms with E-state index < -0.39 is 58.5 Å². The van der Waals surface area contributed by atoms with E-state index in [9.17, 15) is 28.8 Å². The molecule has 266 valence electrons. The number of nitrogens with zero attached hydrogens (tertiary/aromatic N) is 3. The normalized spacial score (nSPS) is 9.74. The van der Waals surface area contributed by atoms with Crippen molar-refractivity contribution in [1.29, 1.82) is 0 Å². The summed E-state index contributed by atoms with van der Waals surface area (Å²) in [6, 6.07) is 12.8. The van der Waals surface area contributed by atoms with Crippen molar-refractivity contribution in [2.24, 2.45) is 0 Å². The van der Waals surface area contributed by atoms with Crippen LogP contribution in [-0.2, 0) is 43.2 Å². The number of hydrogen-bond acceptors (Lipinski definition) is 14. The van der Waals surface area contributed by atoms with Gasteiger partial charge in [0, 0.05) is 52.7 Å². The quantitative estimate of drug-likeness (QED) is 0.162. The number of aromatic nitrogens is 3. The first-order chi connectivity index (χ1) is 22.6. The predicted molar refractivity (Wildman–Crippen MR) is 172 cm³/mol. The third kappa shape index (κ3) is 19.4. The van der Waals surface area contributed by atoms with Gasteiger partial charge in [0.1, 0.15) is 0 Å². The summed E-state index contributed by atoms with van der Waals surface area (Å²) in [5, 5.41) is 18.3. The van der Waals surface area contributed by atoms with Crippen LogP contribution >= 0.6 is 59.7 Å². The van der Waals surface area contributed by atoms with Crippen LogP contribution in [0.25, 0.3) is 10.9 Å². The first-order valence-corrected chi connectivity index (χ1v) is 16.0. The Kier molecular flexibility index (Phi) is 28.5. The second kappa shape index (κ2) is 27.7. The van der Waals surface area contributed by atoms with E-state index in [1.54, 1.807) is 0 Å². The number of rotatable bonds is 2. The Morgan fingerprint density at radius 2 is 1.30 bits per heavy atom. The molecule has 0 bridgehead atoms. The molecular formula is C27H22Br3ClN3NaO14Ru. The summed E-state index contributed by atoms with van der Waals surface area (Å²) in [6.45, 7) is 2.36. The van der Waals surface area contributed by atoms with Gasteiger partial charge in [-0.25, -0.2) is 41.0 Å². The van der Waals surface area contributed by atoms with Gasteiger partial charge in [0.15, 0.2) is 11.4 Å². The Morgan fingerprint density at radius 1 is 0.820 bits per heavy atom. The number of pyridine rings is 3. The fraction of sp³-hybridized carbons (Fsp3) is 0.0741. The van der Waals surface area contributed by atoms with Gasteiger partial charge in [-0.05, 0) is 72.1 Å². The summed E-state index contributed by atoms with van der Waals surface area (Å²) < 4.78 is 35.0. The van der Waals surface area contributed by atoms with Crippen molar-refractivity contribution in [3.63, 3.8) is 0 Å². The van der Waals surface area contributed by atoms with Crippen molar-refractivity contribution < 1.29 is 114 Å². The third-order valence-electron chi connectivity index (χ3n) is 4.58. The first kappa shape index (κ1) is 51.4. The molecule has 1 aliphatic heterocycles. The van der Waals surface area contributed by atoms with Gasteiger partial charge in [0.2, 0.25) is 0 Å².